The third-order valence-electron chi connectivity index (χ3n) is 3.57. The van der Waals surface area contributed by atoms with Crippen molar-refractivity contribution < 1.29 is 24.1 Å². The molecule has 0 aliphatic carbocycles. The number of fused-ring (bicyclic) bond motifs is 1. The number of hydrogen-bond donors (Lipinski definition) is 1. The van der Waals surface area contributed by atoms with Crippen molar-refractivity contribution in [2.45, 2.75) is 25.8 Å². The molecule has 2 rings (SSSR count). The summed E-state index contributed by atoms with van der Waals surface area (Å²) in [5.41, 5.74) is 1.15. The second-order valence-electron chi connectivity index (χ2n) is 5.31. The Bertz CT molecular complexity index is 491. The summed E-state index contributed by atoms with van der Waals surface area (Å²) in [6.07, 6.45) is 1.78. The summed E-state index contributed by atoms with van der Waals surface area (Å²) in [5.74, 6) is 0.836. The van der Waals surface area contributed by atoms with E-state index in [1.54, 1.807) is 7.11 Å². The van der Waals surface area contributed by atoms with E-state index in [-0.39, 0.29) is 13.2 Å². The predicted octanol–water partition coefficient (Wildman–Crippen LogP) is 2.12. The highest BCUT2D eigenvalue weighted by Gasteiger charge is 2.14. The Kier molecular flexibility index (Phi) is 6.48. The van der Waals surface area contributed by atoms with Gasteiger partial charge in [-0.05, 0) is 37.1 Å². The Balaban J connectivity index is 1.86. The van der Waals surface area contributed by atoms with E-state index in [2.05, 4.69) is 4.90 Å². The summed E-state index contributed by atoms with van der Waals surface area (Å²) in [7, 11) is 1.68. The average molecular weight is 309 g/mol. The van der Waals surface area contributed by atoms with Crippen molar-refractivity contribution in [1.29, 1.82) is 0 Å². The van der Waals surface area contributed by atoms with Gasteiger partial charge in [0.05, 0.1) is 6.61 Å². The third-order valence-corrected chi connectivity index (χ3v) is 3.57. The van der Waals surface area contributed by atoms with Gasteiger partial charge in [-0.1, -0.05) is 6.07 Å². The molecule has 0 aromatic heterocycles. The van der Waals surface area contributed by atoms with E-state index in [0.29, 0.717) is 13.0 Å². The van der Waals surface area contributed by atoms with Crippen LogP contribution in [0.4, 0.5) is 0 Å². The molecule has 1 aromatic carbocycles. The zero-order valence-electron chi connectivity index (χ0n) is 12.9. The fraction of sp³-hybridized carbons (Fsp3) is 0.562. The lowest BCUT2D eigenvalue weighted by molar-refractivity contribution is -0.137. The summed E-state index contributed by atoms with van der Waals surface area (Å²) in [6, 6.07) is 5.96. The van der Waals surface area contributed by atoms with Gasteiger partial charge in [-0.3, -0.25) is 9.69 Å². The maximum atomic E-state index is 10.6. The number of carboxylic acids is 1. The quantitative estimate of drug-likeness (QED) is 0.668. The van der Waals surface area contributed by atoms with E-state index < -0.39 is 5.97 Å². The maximum Gasteiger partial charge on any atom is 0.303 e. The molecule has 0 fully saturated rings. The molecule has 6 heteroatoms. The van der Waals surface area contributed by atoms with E-state index in [0.717, 1.165) is 43.1 Å². The van der Waals surface area contributed by atoms with Crippen LogP contribution in [0.2, 0.25) is 0 Å². The lowest BCUT2D eigenvalue weighted by Gasteiger charge is -2.22. The van der Waals surface area contributed by atoms with Gasteiger partial charge in [0.1, 0.15) is 0 Å². The van der Waals surface area contributed by atoms with Crippen molar-refractivity contribution in [1.82, 2.24) is 4.90 Å². The second-order valence-corrected chi connectivity index (χ2v) is 5.31. The van der Waals surface area contributed by atoms with E-state index >= 15 is 0 Å². The molecule has 1 aliphatic heterocycles. The molecule has 0 radical (unpaired) electrons. The topological polar surface area (TPSA) is 68.2 Å². The van der Waals surface area contributed by atoms with Gasteiger partial charge in [0.15, 0.2) is 11.5 Å². The van der Waals surface area contributed by atoms with E-state index in [9.17, 15) is 4.79 Å². The van der Waals surface area contributed by atoms with Crippen LogP contribution in [0.5, 0.6) is 11.5 Å². The van der Waals surface area contributed by atoms with Crippen molar-refractivity contribution in [3.63, 3.8) is 0 Å². The molecule has 1 N–H and O–H groups in total. The summed E-state index contributed by atoms with van der Waals surface area (Å²) >= 11 is 0. The number of hydrogen-bond acceptors (Lipinski definition) is 5. The maximum absolute atomic E-state index is 10.6. The molecular formula is C16H23NO5. The zero-order valence-corrected chi connectivity index (χ0v) is 12.9. The molecule has 0 unspecified atom stereocenters. The van der Waals surface area contributed by atoms with Crippen LogP contribution in [0.3, 0.4) is 0 Å². The van der Waals surface area contributed by atoms with Gasteiger partial charge in [-0.2, -0.15) is 0 Å². The van der Waals surface area contributed by atoms with Gasteiger partial charge in [0.25, 0.3) is 0 Å². The fourth-order valence-electron chi connectivity index (χ4n) is 2.40. The Morgan fingerprint density at radius 3 is 2.86 bits per heavy atom. The van der Waals surface area contributed by atoms with Gasteiger partial charge >= 0.3 is 5.97 Å². The number of nitrogens with zero attached hydrogens (tertiary/aromatic N) is 1. The van der Waals surface area contributed by atoms with Crippen LogP contribution in [0.25, 0.3) is 0 Å². The highest BCUT2D eigenvalue weighted by molar-refractivity contribution is 5.66. The summed E-state index contributed by atoms with van der Waals surface area (Å²) in [4.78, 5) is 12.8. The fourth-order valence-corrected chi connectivity index (χ4v) is 2.40. The van der Waals surface area contributed by atoms with E-state index in [4.69, 9.17) is 19.3 Å². The first-order chi connectivity index (χ1) is 10.7. The van der Waals surface area contributed by atoms with Crippen LogP contribution in [-0.2, 0) is 16.1 Å². The van der Waals surface area contributed by atoms with Crippen LogP contribution in [0.1, 0.15) is 24.8 Å². The highest BCUT2D eigenvalue weighted by atomic mass is 16.7. The first kappa shape index (κ1) is 16.6. The number of carbonyl (C=O) groups is 1. The van der Waals surface area contributed by atoms with E-state index in [1.165, 1.54) is 0 Å². The van der Waals surface area contributed by atoms with Crippen molar-refractivity contribution in [3.8, 4) is 11.5 Å². The van der Waals surface area contributed by atoms with Gasteiger partial charge in [-0.15, -0.1) is 0 Å². The van der Waals surface area contributed by atoms with Crippen molar-refractivity contribution in [2.75, 3.05) is 33.6 Å². The van der Waals surface area contributed by atoms with Crippen LogP contribution in [0, 0.1) is 0 Å². The normalized spacial score (nSPS) is 12.8. The lowest BCUT2D eigenvalue weighted by atomic mass is 10.1. The molecule has 1 aromatic rings. The molecule has 6 nitrogen and oxygen atoms in total. The Hall–Kier alpha value is -1.79. The summed E-state index contributed by atoms with van der Waals surface area (Å²) in [6.45, 7) is 3.39. The minimum absolute atomic E-state index is 0.224. The van der Waals surface area contributed by atoms with Gasteiger partial charge in [0, 0.05) is 26.6 Å². The largest absolute Gasteiger partial charge is 0.481 e. The molecule has 0 amide bonds. The van der Waals surface area contributed by atoms with Gasteiger partial charge < -0.3 is 19.3 Å². The van der Waals surface area contributed by atoms with Crippen molar-refractivity contribution >= 4 is 5.97 Å². The first-order valence-electron chi connectivity index (χ1n) is 7.50. The van der Waals surface area contributed by atoms with Crippen LogP contribution >= 0.6 is 0 Å². The number of aliphatic carboxylic acids is 1. The van der Waals surface area contributed by atoms with Crippen LogP contribution in [-0.4, -0.2) is 49.6 Å². The number of rotatable bonds is 10. The van der Waals surface area contributed by atoms with Gasteiger partial charge in [-0.25, -0.2) is 0 Å². The van der Waals surface area contributed by atoms with E-state index in [1.807, 2.05) is 18.2 Å². The number of benzene rings is 1. The Morgan fingerprint density at radius 1 is 1.27 bits per heavy atom. The van der Waals surface area contributed by atoms with Crippen molar-refractivity contribution in [3.05, 3.63) is 23.8 Å². The lowest BCUT2D eigenvalue weighted by Crippen LogP contribution is -2.28. The molecule has 0 bridgehead atoms. The average Bonchev–Trinajstić information content (AvgIpc) is 2.96. The highest BCUT2D eigenvalue weighted by Crippen LogP contribution is 2.32. The molecule has 122 valence electrons. The molecule has 0 spiro atoms. The number of methoxy groups -OCH3 is 1. The van der Waals surface area contributed by atoms with Crippen molar-refractivity contribution in [2.24, 2.45) is 0 Å². The standard InChI is InChI=1S/C16H23NO5/c1-20-9-8-17(7-3-2-4-16(18)19)11-13-5-6-14-15(10-13)22-12-21-14/h5-6,10H,2-4,7-9,11-12H2,1H3,(H,18,19). The molecule has 1 heterocycles. The molecular weight excluding hydrogens is 286 g/mol. The third kappa shape index (κ3) is 5.20. The minimum atomic E-state index is -0.737. The molecule has 0 saturated carbocycles. The summed E-state index contributed by atoms with van der Waals surface area (Å²) < 4.78 is 15.9. The predicted molar refractivity (Wildman–Crippen MR) is 81.2 cm³/mol. The van der Waals surface area contributed by atoms with Crippen LogP contribution < -0.4 is 9.47 Å². The molecule has 0 saturated heterocycles. The number of unbranched alkanes of at least 4 members (excludes halogenated alkanes) is 1. The molecule has 22 heavy (non-hydrogen) atoms. The molecule has 1 aliphatic rings. The number of ether oxygens (including phenoxy) is 3. The zero-order chi connectivity index (χ0) is 15.8. The molecule has 0 atom stereocenters. The Morgan fingerprint density at radius 2 is 2.09 bits per heavy atom. The smallest absolute Gasteiger partial charge is 0.303 e. The van der Waals surface area contributed by atoms with Gasteiger partial charge in [0.2, 0.25) is 6.79 Å². The second kappa shape index (κ2) is 8.60. The Labute approximate surface area is 130 Å². The first-order valence-corrected chi connectivity index (χ1v) is 7.50. The minimum Gasteiger partial charge on any atom is -0.481 e. The SMILES string of the molecule is COCCN(CCCCC(=O)O)Cc1ccc2c(c1)OCO2. The monoisotopic (exact) mass is 309 g/mol. The summed E-state index contributed by atoms with van der Waals surface area (Å²) in [5, 5.41) is 8.69. The number of carboxylic acid groups (broad SMARTS) is 1. The van der Waals surface area contributed by atoms with Crippen LogP contribution in [0.15, 0.2) is 18.2 Å².